The van der Waals surface area contributed by atoms with Crippen LogP contribution in [-0.4, -0.2) is 22.0 Å². The third-order valence-electron chi connectivity index (χ3n) is 4.07. The number of nitrogens with one attached hydrogen (secondary N) is 1. The molecule has 0 spiro atoms. The van der Waals surface area contributed by atoms with Gasteiger partial charge in [0.15, 0.2) is 5.01 Å². The zero-order chi connectivity index (χ0) is 21.0. The lowest BCUT2D eigenvalue weighted by atomic mass is 10.0. The SMILES string of the molecule is O=C(O)C[C@H](NC(=O)c1nc(-c2ccccc2)cs1)c1cccc(C(F)(F)F)c1. The van der Waals surface area contributed by atoms with E-state index in [4.69, 9.17) is 5.11 Å². The Morgan fingerprint density at radius 1 is 1.10 bits per heavy atom. The summed E-state index contributed by atoms with van der Waals surface area (Å²) in [6, 6.07) is 12.3. The van der Waals surface area contributed by atoms with Crippen LogP contribution in [0.25, 0.3) is 11.3 Å². The van der Waals surface area contributed by atoms with E-state index >= 15 is 0 Å². The lowest BCUT2D eigenvalue weighted by Gasteiger charge is -2.18. The maximum atomic E-state index is 13.0. The van der Waals surface area contributed by atoms with E-state index in [-0.39, 0.29) is 10.6 Å². The van der Waals surface area contributed by atoms with Crippen LogP contribution in [0.5, 0.6) is 0 Å². The summed E-state index contributed by atoms with van der Waals surface area (Å²) in [7, 11) is 0. The van der Waals surface area contributed by atoms with Gasteiger partial charge < -0.3 is 10.4 Å². The quantitative estimate of drug-likeness (QED) is 0.602. The Labute approximate surface area is 167 Å². The van der Waals surface area contributed by atoms with Crippen molar-refractivity contribution in [3.05, 3.63) is 76.1 Å². The topological polar surface area (TPSA) is 79.3 Å². The smallest absolute Gasteiger partial charge is 0.416 e. The van der Waals surface area contributed by atoms with Gasteiger partial charge >= 0.3 is 12.1 Å². The van der Waals surface area contributed by atoms with Gasteiger partial charge in [-0.15, -0.1) is 11.3 Å². The summed E-state index contributed by atoms with van der Waals surface area (Å²) in [4.78, 5) is 28.0. The van der Waals surface area contributed by atoms with Crippen molar-refractivity contribution in [2.75, 3.05) is 0 Å². The number of hydrogen-bond donors (Lipinski definition) is 2. The van der Waals surface area contributed by atoms with Gasteiger partial charge in [0.1, 0.15) is 0 Å². The van der Waals surface area contributed by atoms with E-state index in [0.29, 0.717) is 5.69 Å². The molecule has 9 heteroatoms. The van der Waals surface area contributed by atoms with Gasteiger partial charge in [-0.1, -0.05) is 42.5 Å². The molecule has 0 aliphatic carbocycles. The first kappa shape index (κ1) is 20.5. The Morgan fingerprint density at radius 3 is 2.48 bits per heavy atom. The molecule has 0 aliphatic rings. The molecule has 0 saturated heterocycles. The van der Waals surface area contributed by atoms with Crippen LogP contribution in [0.4, 0.5) is 13.2 Å². The molecule has 0 saturated carbocycles. The number of carbonyl (C=O) groups excluding carboxylic acids is 1. The van der Waals surface area contributed by atoms with Crippen molar-refractivity contribution >= 4 is 23.2 Å². The highest BCUT2D eigenvalue weighted by atomic mass is 32.1. The Balaban J connectivity index is 1.83. The molecule has 0 unspecified atom stereocenters. The first-order valence-electron chi connectivity index (χ1n) is 8.45. The maximum Gasteiger partial charge on any atom is 0.416 e. The highest BCUT2D eigenvalue weighted by Gasteiger charge is 2.31. The zero-order valence-electron chi connectivity index (χ0n) is 14.8. The largest absolute Gasteiger partial charge is 0.481 e. The van der Waals surface area contributed by atoms with E-state index < -0.39 is 36.1 Å². The second kappa shape index (κ2) is 8.44. The number of hydrogen-bond acceptors (Lipinski definition) is 4. The standard InChI is InChI=1S/C20H15F3N2O3S/c21-20(22,23)14-8-4-7-13(9-14)15(10-17(26)27)24-18(28)19-25-16(11-29-19)12-5-2-1-3-6-12/h1-9,11,15H,10H2,(H,24,28)(H,26,27)/t15-/m0/s1. The Kier molecular flexibility index (Phi) is 5.97. The van der Waals surface area contributed by atoms with Crippen molar-refractivity contribution in [1.82, 2.24) is 10.3 Å². The molecular formula is C20H15F3N2O3S. The maximum absolute atomic E-state index is 13.0. The van der Waals surface area contributed by atoms with Crippen LogP contribution in [0.1, 0.15) is 33.4 Å². The lowest BCUT2D eigenvalue weighted by molar-refractivity contribution is -0.138. The Hall–Kier alpha value is -3.20. The summed E-state index contributed by atoms with van der Waals surface area (Å²) in [5.74, 6) is -1.90. The van der Waals surface area contributed by atoms with Crippen molar-refractivity contribution in [1.29, 1.82) is 0 Å². The van der Waals surface area contributed by atoms with Crippen molar-refractivity contribution in [3.63, 3.8) is 0 Å². The molecule has 0 bridgehead atoms. The number of carboxylic acid groups (broad SMARTS) is 1. The van der Waals surface area contributed by atoms with Gasteiger partial charge in [-0.3, -0.25) is 9.59 Å². The number of halogens is 3. The summed E-state index contributed by atoms with van der Waals surface area (Å²) >= 11 is 1.07. The number of aliphatic carboxylic acids is 1. The summed E-state index contributed by atoms with van der Waals surface area (Å²) in [5, 5.41) is 13.4. The van der Waals surface area contributed by atoms with Crippen molar-refractivity contribution in [3.8, 4) is 11.3 Å². The lowest BCUT2D eigenvalue weighted by Crippen LogP contribution is -2.30. The molecule has 3 rings (SSSR count). The molecule has 0 aliphatic heterocycles. The second-order valence-electron chi connectivity index (χ2n) is 6.15. The summed E-state index contributed by atoms with van der Waals surface area (Å²) in [5.41, 5.74) is 0.521. The third-order valence-corrected chi connectivity index (χ3v) is 4.91. The molecule has 150 valence electrons. The zero-order valence-corrected chi connectivity index (χ0v) is 15.6. The van der Waals surface area contributed by atoms with Crippen molar-refractivity contribution in [2.24, 2.45) is 0 Å². The van der Waals surface area contributed by atoms with Gasteiger partial charge in [0.25, 0.3) is 5.91 Å². The molecule has 3 aromatic rings. The van der Waals surface area contributed by atoms with Gasteiger partial charge in [-0.25, -0.2) is 4.98 Å². The van der Waals surface area contributed by atoms with Crippen LogP contribution in [0.3, 0.4) is 0 Å². The normalized spacial score (nSPS) is 12.4. The molecule has 1 atom stereocenters. The number of rotatable bonds is 6. The minimum absolute atomic E-state index is 0.0513. The molecule has 2 N–H and O–H groups in total. The van der Waals surface area contributed by atoms with Gasteiger partial charge in [0.05, 0.1) is 23.7 Å². The van der Waals surface area contributed by atoms with Gasteiger partial charge in [-0.05, 0) is 17.7 Å². The van der Waals surface area contributed by atoms with Gasteiger partial charge in [0, 0.05) is 10.9 Å². The first-order valence-corrected chi connectivity index (χ1v) is 9.33. The molecule has 5 nitrogen and oxygen atoms in total. The van der Waals surface area contributed by atoms with E-state index in [1.54, 1.807) is 5.38 Å². The van der Waals surface area contributed by atoms with Crippen LogP contribution >= 0.6 is 11.3 Å². The van der Waals surface area contributed by atoms with Crippen molar-refractivity contribution < 1.29 is 27.9 Å². The molecule has 1 aromatic heterocycles. The fourth-order valence-electron chi connectivity index (χ4n) is 2.70. The highest BCUT2D eigenvalue weighted by Crippen LogP contribution is 2.31. The third kappa shape index (κ3) is 5.20. The number of alkyl halides is 3. The first-order chi connectivity index (χ1) is 13.7. The molecule has 1 heterocycles. The molecule has 2 aromatic carbocycles. The number of thiazole rings is 1. The van der Waals surface area contributed by atoms with Gasteiger partial charge in [0.2, 0.25) is 0 Å². The average Bonchev–Trinajstić information content (AvgIpc) is 3.18. The Morgan fingerprint density at radius 2 is 1.83 bits per heavy atom. The van der Waals surface area contributed by atoms with Crippen LogP contribution < -0.4 is 5.32 Å². The van der Waals surface area contributed by atoms with E-state index in [9.17, 15) is 22.8 Å². The Bertz CT molecular complexity index is 1020. The number of carboxylic acids is 1. The predicted molar refractivity (Wildman–Crippen MR) is 101 cm³/mol. The molecule has 29 heavy (non-hydrogen) atoms. The van der Waals surface area contributed by atoms with E-state index in [2.05, 4.69) is 10.3 Å². The van der Waals surface area contributed by atoms with E-state index in [0.717, 1.165) is 29.0 Å². The number of nitrogens with zero attached hydrogens (tertiary/aromatic N) is 1. The van der Waals surface area contributed by atoms with E-state index in [1.165, 1.54) is 12.1 Å². The van der Waals surface area contributed by atoms with Crippen LogP contribution in [0.2, 0.25) is 0 Å². The number of amides is 1. The molecule has 0 radical (unpaired) electrons. The van der Waals surface area contributed by atoms with Crippen LogP contribution in [-0.2, 0) is 11.0 Å². The van der Waals surface area contributed by atoms with Crippen LogP contribution in [0.15, 0.2) is 60.0 Å². The fraction of sp³-hybridized carbons (Fsp3) is 0.150. The highest BCUT2D eigenvalue weighted by molar-refractivity contribution is 7.12. The minimum atomic E-state index is -4.58. The second-order valence-corrected chi connectivity index (χ2v) is 7.01. The summed E-state index contributed by atoms with van der Waals surface area (Å²) in [6.45, 7) is 0. The predicted octanol–water partition coefficient (Wildman–Crippen LogP) is 4.77. The van der Waals surface area contributed by atoms with Crippen LogP contribution in [0, 0.1) is 0 Å². The van der Waals surface area contributed by atoms with E-state index in [1.807, 2.05) is 30.3 Å². The van der Waals surface area contributed by atoms with Crippen molar-refractivity contribution in [2.45, 2.75) is 18.6 Å². The number of aromatic nitrogens is 1. The molecule has 1 amide bonds. The summed E-state index contributed by atoms with van der Waals surface area (Å²) < 4.78 is 38.9. The monoisotopic (exact) mass is 420 g/mol. The average molecular weight is 420 g/mol. The number of carbonyl (C=O) groups is 2. The fourth-order valence-corrected chi connectivity index (χ4v) is 3.43. The minimum Gasteiger partial charge on any atom is -0.481 e. The molecule has 0 fully saturated rings. The van der Waals surface area contributed by atoms with Gasteiger partial charge in [-0.2, -0.15) is 13.2 Å². The summed E-state index contributed by atoms with van der Waals surface area (Å²) in [6.07, 6.45) is -5.14. The number of benzene rings is 2. The molecular weight excluding hydrogens is 405 g/mol.